The largest absolute Gasteiger partial charge is 0.365 e. The summed E-state index contributed by atoms with van der Waals surface area (Å²) in [7, 11) is 0. The van der Waals surface area contributed by atoms with Crippen LogP contribution in [-0.2, 0) is 6.54 Å². The summed E-state index contributed by atoms with van der Waals surface area (Å²) in [4.78, 5) is 6.68. The number of rotatable bonds is 5. The third-order valence-corrected chi connectivity index (χ3v) is 3.93. The van der Waals surface area contributed by atoms with Gasteiger partial charge >= 0.3 is 0 Å². The van der Waals surface area contributed by atoms with Crippen LogP contribution in [0.2, 0.25) is 0 Å². The zero-order valence-electron chi connectivity index (χ0n) is 11.9. The molecule has 20 heavy (non-hydrogen) atoms. The molecule has 1 aromatic heterocycles. The van der Waals surface area contributed by atoms with Crippen LogP contribution in [0.25, 0.3) is 0 Å². The molecule has 0 aliphatic rings. The van der Waals surface area contributed by atoms with Crippen molar-refractivity contribution in [2.24, 2.45) is 5.73 Å². The van der Waals surface area contributed by atoms with Gasteiger partial charge in [-0.3, -0.25) is 4.98 Å². The number of aromatic nitrogens is 1. The van der Waals surface area contributed by atoms with Crippen LogP contribution in [-0.4, -0.2) is 11.5 Å². The van der Waals surface area contributed by atoms with E-state index < -0.39 is 0 Å². The minimum absolute atomic E-state index is 0.0474. The fourth-order valence-electron chi connectivity index (χ4n) is 2.12. The summed E-state index contributed by atoms with van der Waals surface area (Å²) in [5, 5.41) is 0. The average Bonchev–Trinajstić information content (AvgIpc) is 2.46. The molecular formula is C16H20BrN3. The van der Waals surface area contributed by atoms with Crippen LogP contribution in [0.3, 0.4) is 0 Å². The molecule has 0 bridgehead atoms. The predicted molar refractivity (Wildman–Crippen MR) is 87.7 cm³/mol. The minimum Gasteiger partial charge on any atom is -0.365 e. The Morgan fingerprint density at radius 3 is 2.65 bits per heavy atom. The first-order valence-corrected chi connectivity index (χ1v) is 7.61. The van der Waals surface area contributed by atoms with Gasteiger partial charge in [0.15, 0.2) is 0 Å². The van der Waals surface area contributed by atoms with Crippen molar-refractivity contribution in [1.82, 2.24) is 4.98 Å². The Hall–Kier alpha value is -1.39. The smallest absolute Gasteiger partial charge is 0.0602 e. The topological polar surface area (TPSA) is 42.2 Å². The lowest BCUT2D eigenvalue weighted by molar-refractivity contribution is 0.798. The lowest BCUT2D eigenvalue weighted by Gasteiger charge is -2.24. The summed E-state index contributed by atoms with van der Waals surface area (Å²) in [5.41, 5.74) is 9.29. The van der Waals surface area contributed by atoms with Gasteiger partial charge in [-0.15, -0.1) is 0 Å². The zero-order chi connectivity index (χ0) is 14.5. The summed E-state index contributed by atoms with van der Waals surface area (Å²) in [6.07, 6.45) is 1.83. The fraction of sp³-hybridized carbons (Fsp3) is 0.312. The molecule has 0 unspecified atom stereocenters. The molecule has 1 atom stereocenters. The summed E-state index contributed by atoms with van der Waals surface area (Å²) < 4.78 is 1.07. The number of hydrogen-bond donors (Lipinski definition) is 1. The van der Waals surface area contributed by atoms with E-state index in [9.17, 15) is 0 Å². The van der Waals surface area contributed by atoms with E-state index >= 15 is 0 Å². The number of nitrogens with zero attached hydrogens (tertiary/aromatic N) is 2. The molecular weight excluding hydrogens is 314 g/mol. The van der Waals surface area contributed by atoms with Crippen molar-refractivity contribution in [1.29, 1.82) is 0 Å². The van der Waals surface area contributed by atoms with Crippen LogP contribution in [0.5, 0.6) is 0 Å². The molecule has 0 saturated carbocycles. The SMILES string of the molecule is CCN(Cc1ccccn1)c1ccc([C@@H](C)N)cc1Br. The first kappa shape index (κ1) is 15.0. The maximum absolute atomic E-state index is 5.92. The maximum atomic E-state index is 5.92. The summed E-state index contributed by atoms with van der Waals surface area (Å²) >= 11 is 3.65. The van der Waals surface area contributed by atoms with Crippen molar-refractivity contribution < 1.29 is 0 Å². The molecule has 2 N–H and O–H groups in total. The molecule has 0 saturated heterocycles. The molecule has 0 aliphatic carbocycles. The van der Waals surface area contributed by atoms with Gasteiger partial charge in [-0.1, -0.05) is 12.1 Å². The number of benzene rings is 1. The minimum atomic E-state index is 0.0474. The molecule has 2 aromatic rings. The molecule has 0 amide bonds. The molecule has 0 spiro atoms. The highest BCUT2D eigenvalue weighted by atomic mass is 79.9. The van der Waals surface area contributed by atoms with Crippen molar-refractivity contribution in [3.8, 4) is 0 Å². The molecule has 106 valence electrons. The normalized spacial score (nSPS) is 12.2. The second-order valence-electron chi connectivity index (χ2n) is 4.83. The molecule has 1 heterocycles. The number of hydrogen-bond acceptors (Lipinski definition) is 3. The summed E-state index contributed by atoms with van der Waals surface area (Å²) in [6.45, 7) is 5.86. The van der Waals surface area contributed by atoms with E-state index in [1.807, 2.05) is 31.3 Å². The number of pyridine rings is 1. The Morgan fingerprint density at radius 1 is 1.30 bits per heavy atom. The lowest BCUT2D eigenvalue weighted by Crippen LogP contribution is -2.23. The van der Waals surface area contributed by atoms with E-state index in [0.29, 0.717) is 0 Å². The van der Waals surface area contributed by atoms with E-state index in [0.717, 1.165) is 28.8 Å². The quantitative estimate of drug-likeness (QED) is 0.902. The van der Waals surface area contributed by atoms with Crippen molar-refractivity contribution in [2.45, 2.75) is 26.4 Å². The van der Waals surface area contributed by atoms with E-state index in [1.165, 1.54) is 5.69 Å². The zero-order valence-corrected chi connectivity index (χ0v) is 13.5. The summed E-state index contributed by atoms with van der Waals surface area (Å²) in [5.74, 6) is 0. The molecule has 2 rings (SSSR count). The first-order valence-electron chi connectivity index (χ1n) is 6.81. The van der Waals surface area contributed by atoms with Gasteiger partial charge in [0.1, 0.15) is 0 Å². The van der Waals surface area contributed by atoms with Crippen LogP contribution in [0.15, 0.2) is 47.1 Å². The van der Waals surface area contributed by atoms with Gasteiger partial charge in [0.05, 0.1) is 17.9 Å². The van der Waals surface area contributed by atoms with Crippen molar-refractivity contribution in [3.63, 3.8) is 0 Å². The Kier molecular flexibility index (Phi) is 5.15. The Labute approximate surface area is 129 Å². The van der Waals surface area contributed by atoms with Crippen LogP contribution < -0.4 is 10.6 Å². The second-order valence-corrected chi connectivity index (χ2v) is 5.69. The number of halogens is 1. The summed E-state index contributed by atoms with van der Waals surface area (Å²) in [6, 6.07) is 12.4. The highest BCUT2D eigenvalue weighted by molar-refractivity contribution is 9.10. The van der Waals surface area contributed by atoms with Gasteiger partial charge in [0, 0.05) is 23.3 Å². The van der Waals surface area contributed by atoms with Crippen molar-refractivity contribution in [3.05, 3.63) is 58.3 Å². The highest BCUT2D eigenvalue weighted by Crippen LogP contribution is 2.29. The van der Waals surface area contributed by atoms with Gasteiger partial charge in [0.25, 0.3) is 0 Å². The fourth-order valence-corrected chi connectivity index (χ4v) is 2.76. The Bertz CT molecular complexity index is 555. The number of anilines is 1. The van der Waals surface area contributed by atoms with E-state index in [-0.39, 0.29) is 6.04 Å². The van der Waals surface area contributed by atoms with E-state index in [1.54, 1.807) is 0 Å². The van der Waals surface area contributed by atoms with Gasteiger partial charge in [-0.25, -0.2) is 0 Å². The first-order chi connectivity index (χ1) is 9.61. The predicted octanol–water partition coefficient (Wildman–Crippen LogP) is 3.89. The molecule has 3 nitrogen and oxygen atoms in total. The molecule has 4 heteroatoms. The third kappa shape index (κ3) is 3.58. The van der Waals surface area contributed by atoms with Crippen LogP contribution in [0, 0.1) is 0 Å². The van der Waals surface area contributed by atoms with Crippen LogP contribution in [0.1, 0.15) is 31.1 Å². The molecule has 0 aliphatic heterocycles. The second kappa shape index (κ2) is 6.86. The molecule has 0 radical (unpaired) electrons. The van der Waals surface area contributed by atoms with Crippen molar-refractivity contribution >= 4 is 21.6 Å². The van der Waals surface area contributed by atoms with E-state index in [4.69, 9.17) is 5.73 Å². The van der Waals surface area contributed by atoms with Crippen LogP contribution in [0.4, 0.5) is 5.69 Å². The standard InChI is InChI=1S/C16H20BrN3/c1-3-20(11-14-6-4-5-9-19-14)16-8-7-13(12(2)18)10-15(16)17/h4-10,12H,3,11,18H2,1-2H3/t12-/m1/s1. The lowest BCUT2D eigenvalue weighted by atomic mass is 10.1. The average molecular weight is 334 g/mol. The molecule has 1 aromatic carbocycles. The highest BCUT2D eigenvalue weighted by Gasteiger charge is 2.11. The number of nitrogens with two attached hydrogens (primary N) is 1. The molecule has 0 fully saturated rings. The maximum Gasteiger partial charge on any atom is 0.0602 e. The van der Waals surface area contributed by atoms with Crippen molar-refractivity contribution in [2.75, 3.05) is 11.4 Å². The van der Waals surface area contributed by atoms with Gasteiger partial charge < -0.3 is 10.6 Å². The Morgan fingerprint density at radius 2 is 2.10 bits per heavy atom. The van der Waals surface area contributed by atoms with Crippen LogP contribution >= 0.6 is 15.9 Å². The third-order valence-electron chi connectivity index (χ3n) is 3.30. The van der Waals surface area contributed by atoms with E-state index in [2.05, 4.69) is 50.9 Å². The Balaban J connectivity index is 2.23. The van der Waals surface area contributed by atoms with Gasteiger partial charge in [0.2, 0.25) is 0 Å². The monoisotopic (exact) mass is 333 g/mol. The van der Waals surface area contributed by atoms with Gasteiger partial charge in [-0.2, -0.15) is 0 Å². The van der Waals surface area contributed by atoms with Gasteiger partial charge in [-0.05, 0) is 59.6 Å².